The molecule has 1 aliphatic rings. The van der Waals surface area contributed by atoms with Crippen molar-refractivity contribution in [3.63, 3.8) is 0 Å². The molecule has 0 saturated carbocycles. The van der Waals surface area contributed by atoms with Gasteiger partial charge < -0.3 is 21.4 Å². The average Bonchev–Trinajstić information content (AvgIpc) is 3.27. The van der Waals surface area contributed by atoms with Gasteiger partial charge in [0.15, 0.2) is 12.1 Å². The SMILES string of the molecule is CN/N=C(N)\C(C(=N)c1ccc2c(cnn2-c2ccccc2)c1)=C(/C=O)NC1CCCN(C)C1. The maximum absolute atomic E-state index is 12.1. The highest BCUT2D eigenvalue weighted by Gasteiger charge is 2.23. The molecular formula is C25H30N8O. The van der Waals surface area contributed by atoms with Crippen molar-refractivity contribution < 1.29 is 4.79 Å². The number of aromatic nitrogens is 2. The number of nitrogens with zero attached hydrogens (tertiary/aromatic N) is 4. The number of likely N-dealkylation sites (tertiary alicyclic amines) is 1. The molecule has 1 fully saturated rings. The van der Waals surface area contributed by atoms with Gasteiger partial charge in [-0.15, -0.1) is 0 Å². The molecule has 5 N–H and O–H groups in total. The van der Waals surface area contributed by atoms with Crippen LogP contribution in [0.15, 0.2) is 71.1 Å². The number of carbonyl (C=O) groups excluding carboxylic acids is 1. The Kier molecular flexibility index (Phi) is 7.03. The predicted molar refractivity (Wildman–Crippen MR) is 135 cm³/mol. The van der Waals surface area contributed by atoms with Crippen LogP contribution in [0.25, 0.3) is 16.6 Å². The molecule has 9 nitrogen and oxygen atoms in total. The monoisotopic (exact) mass is 458 g/mol. The number of para-hydroxylation sites is 1. The zero-order valence-electron chi connectivity index (χ0n) is 19.5. The van der Waals surface area contributed by atoms with E-state index in [1.807, 2.05) is 53.2 Å². The normalized spacial score (nSPS) is 17.8. The van der Waals surface area contributed by atoms with Crippen molar-refractivity contribution in [3.8, 4) is 5.69 Å². The Labute approximate surface area is 198 Å². The molecule has 1 atom stereocenters. The van der Waals surface area contributed by atoms with E-state index in [4.69, 9.17) is 11.1 Å². The summed E-state index contributed by atoms with van der Waals surface area (Å²) in [5.74, 6) is 0.0753. The van der Waals surface area contributed by atoms with Crippen LogP contribution in [0.4, 0.5) is 0 Å². The van der Waals surface area contributed by atoms with Gasteiger partial charge in [-0.3, -0.25) is 10.2 Å². The molecule has 34 heavy (non-hydrogen) atoms. The van der Waals surface area contributed by atoms with E-state index in [1.165, 1.54) is 0 Å². The predicted octanol–water partition coefficient (Wildman–Crippen LogP) is 2.02. The third-order valence-electron chi connectivity index (χ3n) is 5.97. The first-order valence-corrected chi connectivity index (χ1v) is 11.3. The molecule has 0 bridgehead atoms. The van der Waals surface area contributed by atoms with Crippen LogP contribution in [0.5, 0.6) is 0 Å². The zero-order chi connectivity index (χ0) is 24.1. The molecule has 0 amide bonds. The minimum absolute atomic E-state index is 0.0753. The first-order valence-electron chi connectivity index (χ1n) is 11.3. The summed E-state index contributed by atoms with van der Waals surface area (Å²) in [6.45, 7) is 1.84. The molecule has 1 saturated heterocycles. The summed E-state index contributed by atoms with van der Waals surface area (Å²) in [6.07, 6.45) is 4.47. The van der Waals surface area contributed by atoms with Gasteiger partial charge in [0.2, 0.25) is 0 Å². The Morgan fingerprint density at radius 3 is 2.76 bits per heavy atom. The van der Waals surface area contributed by atoms with Gasteiger partial charge in [0.1, 0.15) is 0 Å². The number of allylic oxidation sites excluding steroid dienone is 1. The van der Waals surface area contributed by atoms with E-state index in [0.29, 0.717) is 5.56 Å². The zero-order valence-corrected chi connectivity index (χ0v) is 19.5. The lowest BCUT2D eigenvalue weighted by Crippen LogP contribution is -2.45. The lowest BCUT2D eigenvalue weighted by atomic mass is 9.97. The van der Waals surface area contributed by atoms with Gasteiger partial charge in [-0.2, -0.15) is 10.2 Å². The van der Waals surface area contributed by atoms with E-state index in [9.17, 15) is 4.79 Å². The molecule has 9 heteroatoms. The van der Waals surface area contributed by atoms with Crippen molar-refractivity contribution in [3.05, 3.63) is 71.6 Å². The smallest absolute Gasteiger partial charge is 0.166 e. The molecule has 0 aliphatic carbocycles. The molecule has 4 rings (SSSR count). The highest BCUT2D eigenvalue weighted by Crippen LogP contribution is 2.22. The highest BCUT2D eigenvalue weighted by molar-refractivity contribution is 6.30. The Morgan fingerprint density at radius 2 is 2.06 bits per heavy atom. The highest BCUT2D eigenvalue weighted by atomic mass is 16.1. The van der Waals surface area contributed by atoms with E-state index in [-0.39, 0.29) is 28.9 Å². The van der Waals surface area contributed by atoms with Gasteiger partial charge in [0.05, 0.1) is 34.4 Å². The number of benzene rings is 2. The van der Waals surface area contributed by atoms with Crippen LogP contribution >= 0.6 is 0 Å². The molecule has 2 heterocycles. The number of rotatable bonds is 8. The van der Waals surface area contributed by atoms with Gasteiger partial charge in [-0.05, 0) is 50.7 Å². The summed E-state index contributed by atoms with van der Waals surface area (Å²) < 4.78 is 1.86. The van der Waals surface area contributed by atoms with E-state index in [2.05, 4.69) is 32.9 Å². The van der Waals surface area contributed by atoms with Crippen molar-refractivity contribution in [2.75, 3.05) is 27.2 Å². The Balaban J connectivity index is 1.72. The van der Waals surface area contributed by atoms with Crippen LogP contribution in [-0.2, 0) is 4.79 Å². The molecule has 0 spiro atoms. The molecule has 176 valence electrons. The maximum Gasteiger partial charge on any atom is 0.166 e. The van der Waals surface area contributed by atoms with Gasteiger partial charge in [-0.1, -0.05) is 24.3 Å². The number of nitrogens with one attached hydrogen (secondary N) is 3. The summed E-state index contributed by atoms with van der Waals surface area (Å²) in [5.41, 5.74) is 12.0. The van der Waals surface area contributed by atoms with Crippen LogP contribution in [0.2, 0.25) is 0 Å². The van der Waals surface area contributed by atoms with Gasteiger partial charge >= 0.3 is 0 Å². The molecule has 0 radical (unpaired) electrons. The van der Waals surface area contributed by atoms with Gasteiger partial charge in [0, 0.05) is 30.6 Å². The summed E-state index contributed by atoms with van der Waals surface area (Å²) in [6, 6.07) is 15.6. The minimum atomic E-state index is 0.0753. The van der Waals surface area contributed by atoms with Crippen molar-refractivity contribution in [2.45, 2.75) is 18.9 Å². The van der Waals surface area contributed by atoms with Crippen LogP contribution in [-0.4, -0.2) is 65.7 Å². The lowest BCUT2D eigenvalue weighted by molar-refractivity contribution is -0.105. The van der Waals surface area contributed by atoms with Crippen molar-refractivity contribution in [1.29, 1.82) is 5.41 Å². The fraction of sp³-hybridized carbons (Fsp3) is 0.280. The number of nitrogens with two attached hydrogens (primary N) is 1. The Hall–Kier alpha value is -3.98. The topological polar surface area (TPSA) is 124 Å². The minimum Gasteiger partial charge on any atom is -0.382 e. The number of carbonyl (C=O) groups is 1. The van der Waals surface area contributed by atoms with Crippen LogP contribution < -0.4 is 16.5 Å². The van der Waals surface area contributed by atoms with Crippen LogP contribution in [0.1, 0.15) is 18.4 Å². The number of fused-ring (bicyclic) bond motifs is 1. The second-order valence-electron chi connectivity index (χ2n) is 8.41. The molecule has 1 aromatic heterocycles. The van der Waals surface area contributed by atoms with Crippen LogP contribution in [0, 0.1) is 5.41 Å². The second kappa shape index (κ2) is 10.3. The van der Waals surface area contributed by atoms with E-state index in [0.717, 1.165) is 48.8 Å². The summed E-state index contributed by atoms with van der Waals surface area (Å²) >= 11 is 0. The first kappa shape index (κ1) is 23.2. The third-order valence-corrected chi connectivity index (χ3v) is 5.97. The quantitative estimate of drug-likeness (QED) is 0.135. The Bertz CT molecular complexity index is 1240. The first-order chi connectivity index (χ1) is 16.5. The standard InChI is InChI=1S/C25H30N8O/c1-28-31-25(27)23(21(16-34)30-19-7-6-12-32(2)15-19)24(26)17-10-11-22-18(13-17)14-29-33(22)20-8-4-3-5-9-20/h3-5,8-11,13-14,16,19,26,28,30H,6-7,12,15H2,1-2H3,(H2,27,31)/b23-21+,26-24?. The number of hydrazone groups is 1. The lowest BCUT2D eigenvalue weighted by Gasteiger charge is -2.31. The molecule has 1 unspecified atom stereocenters. The van der Waals surface area contributed by atoms with Gasteiger partial charge in [0.25, 0.3) is 0 Å². The number of likely N-dealkylation sites (N-methyl/N-ethyl adjacent to an activating group) is 1. The average molecular weight is 459 g/mol. The summed E-state index contributed by atoms with van der Waals surface area (Å²) in [7, 11) is 3.69. The maximum atomic E-state index is 12.1. The van der Waals surface area contributed by atoms with Crippen molar-refractivity contribution in [2.24, 2.45) is 10.8 Å². The van der Waals surface area contributed by atoms with Crippen molar-refractivity contribution >= 4 is 28.7 Å². The van der Waals surface area contributed by atoms with Gasteiger partial charge in [-0.25, -0.2) is 4.68 Å². The van der Waals surface area contributed by atoms with Crippen molar-refractivity contribution in [1.82, 2.24) is 25.4 Å². The molecular weight excluding hydrogens is 428 g/mol. The number of hydrogen-bond donors (Lipinski definition) is 4. The largest absolute Gasteiger partial charge is 0.382 e. The molecule has 2 aromatic carbocycles. The number of hydrogen-bond acceptors (Lipinski definition) is 7. The summed E-state index contributed by atoms with van der Waals surface area (Å²) in [4.78, 5) is 14.4. The molecule has 3 aromatic rings. The molecule has 1 aliphatic heterocycles. The third kappa shape index (κ3) is 4.84. The van der Waals surface area contributed by atoms with E-state index >= 15 is 0 Å². The second-order valence-corrected chi connectivity index (χ2v) is 8.41. The van der Waals surface area contributed by atoms with Crippen LogP contribution in [0.3, 0.4) is 0 Å². The fourth-order valence-electron chi connectivity index (χ4n) is 4.35. The number of piperidine rings is 1. The number of amidine groups is 1. The Morgan fingerprint density at radius 1 is 1.26 bits per heavy atom. The number of aldehydes is 1. The van der Waals surface area contributed by atoms with E-state index < -0.39 is 0 Å². The summed E-state index contributed by atoms with van der Waals surface area (Å²) in [5, 5.41) is 21.7. The fourth-order valence-corrected chi connectivity index (χ4v) is 4.35. The van der Waals surface area contributed by atoms with E-state index in [1.54, 1.807) is 13.2 Å².